The zero-order valence-electron chi connectivity index (χ0n) is 11.9. The molecule has 0 unspecified atom stereocenters. The molecule has 114 valence electrons. The number of nitrogens with one attached hydrogen (secondary N) is 3. The average molecular weight is 335 g/mol. The minimum absolute atomic E-state index is 0.173. The Bertz CT molecular complexity index is 678. The van der Waals surface area contributed by atoms with Gasteiger partial charge < -0.3 is 5.32 Å². The van der Waals surface area contributed by atoms with Gasteiger partial charge in [0.05, 0.1) is 6.42 Å². The fraction of sp³-hybridized carbons (Fsp3) is 0.133. The molecule has 1 aromatic carbocycles. The Hall–Kier alpha value is -2.18. The van der Waals surface area contributed by atoms with Crippen molar-refractivity contribution in [1.82, 2.24) is 15.8 Å². The summed E-state index contributed by atoms with van der Waals surface area (Å²) in [4.78, 5) is 15.8. The van der Waals surface area contributed by atoms with Gasteiger partial charge in [0.25, 0.3) is 0 Å². The Balaban J connectivity index is 1.80. The molecule has 0 bridgehead atoms. The summed E-state index contributed by atoms with van der Waals surface area (Å²) in [5.74, 6) is -0.232. The highest BCUT2D eigenvalue weighted by Crippen LogP contribution is 2.19. The quantitative estimate of drug-likeness (QED) is 0.595. The molecule has 1 aromatic heterocycles. The van der Waals surface area contributed by atoms with E-state index in [4.69, 9.17) is 23.8 Å². The standard InChI is InChI=1S/C15H15ClN4OS/c1-10-5-6-12(8-13(10)16)18-15(22)20-19-14(21)9-11-4-2-3-7-17-11/h2-8H,9H2,1H3,(H,19,21)(H2,18,20,22). The maximum absolute atomic E-state index is 11.7. The molecule has 0 spiro atoms. The van der Waals surface area contributed by atoms with Crippen molar-refractivity contribution in [2.75, 3.05) is 5.32 Å². The van der Waals surface area contributed by atoms with E-state index in [0.29, 0.717) is 10.7 Å². The minimum Gasteiger partial charge on any atom is -0.331 e. The molecule has 0 radical (unpaired) electrons. The molecule has 22 heavy (non-hydrogen) atoms. The third kappa shape index (κ3) is 4.98. The van der Waals surface area contributed by atoms with Crippen LogP contribution in [0, 0.1) is 6.92 Å². The second-order valence-electron chi connectivity index (χ2n) is 4.59. The third-order valence-electron chi connectivity index (χ3n) is 2.81. The van der Waals surface area contributed by atoms with E-state index in [0.717, 1.165) is 11.3 Å². The molecule has 7 heteroatoms. The SMILES string of the molecule is Cc1ccc(NC(=S)NNC(=O)Cc2ccccn2)cc1Cl. The number of nitrogens with zero attached hydrogens (tertiary/aromatic N) is 1. The van der Waals surface area contributed by atoms with E-state index in [1.54, 1.807) is 24.4 Å². The lowest BCUT2D eigenvalue weighted by atomic mass is 10.2. The van der Waals surface area contributed by atoms with Crippen LogP contribution in [0.25, 0.3) is 0 Å². The average Bonchev–Trinajstić information content (AvgIpc) is 2.50. The highest BCUT2D eigenvalue weighted by atomic mass is 35.5. The second kappa shape index (κ2) is 7.72. The van der Waals surface area contributed by atoms with Gasteiger partial charge in [-0.15, -0.1) is 0 Å². The lowest BCUT2D eigenvalue weighted by Crippen LogP contribution is -2.44. The summed E-state index contributed by atoms with van der Waals surface area (Å²) in [6.45, 7) is 1.92. The second-order valence-corrected chi connectivity index (χ2v) is 5.40. The first-order valence-corrected chi connectivity index (χ1v) is 7.35. The molecule has 1 heterocycles. The zero-order chi connectivity index (χ0) is 15.9. The Morgan fingerprint density at radius 2 is 2.09 bits per heavy atom. The van der Waals surface area contributed by atoms with E-state index in [1.807, 2.05) is 25.1 Å². The largest absolute Gasteiger partial charge is 0.331 e. The molecule has 2 rings (SSSR count). The van der Waals surface area contributed by atoms with Crippen LogP contribution in [0.4, 0.5) is 5.69 Å². The summed E-state index contributed by atoms with van der Waals surface area (Å²) in [6, 6.07) is 10.9. The van der Waals surface area contributed by atoms with E-state index >= 15 is 0 Å². The number of carbonyl (C=O) groups is 1. The molecule has 0 fully saturated rings. The number of hydrogen-bond donors (Lipinski definition) is 3. The van der Waals surface area contributed by atoms with Gasteiger partial charge in [-0.2, -0.15) is 0 Å². The van der Waals surface area contributed by atoms with Gasteiger partial charge in [-0.05, 0) is 49.0 Å². The van der Waals surface area contributed by atoms with Gasteiger partial charge in [0, 0.05) is 22.6 Å². The van der Waals surface area contributed by atoms with Crippen LogP contribution in [-0.4, -0.2) is 16.0 Å². The van der Waals surface area contributed by atoms with Gasteiger partial charge >= 0.3 is 0 Å². The molecule has 5 nitrogen and oxygen atoms in total. The van der Waals surface area contributed by atoms with Crippen molar-refractivity contribution in [1.29, 1.82) is 0 Å². The first-order chi connectivity index (χ1) is 10.5. The number of hydrogen-bond acceptors (Lipinski definition) is 3. The van der Waals surface area contributed by atoms with Crippen molar-refractivity contribution in [2.45, 2.75) is 13.3 Å². The van der Waals surface area contributed by atoms with Crippen LogP contribution in [0.1, 0.15) is 11.3 Å². The van der Waals surface area contributed by atoms with E-state index < -0.39 is 0 Å². The number of thiocarbonyl (C=S) groups is 1. The highest BCUT2D eigenvalue weighted by molar-refractivity contribution is 7.80. The van der Waals surface area contributed by atoms with Gasteiger partial charge in [0.1, 0.15) is 0 Å². The highest BCUT2D eigenvalue weighted by Gasteiger charge is 2.05. The summed E-state index contributed by atoms with van der Waals surface area (Å²) in [5.41, 5.74) is 7.56. The van der Waals surface area contributed by atoms with Crippen LogP contribution in [0.5, 0.6) is 0 Å². The summed E-state index contributed by atoms with van der Waals surface area (Å²) < 4.78 is 0. The summed E-state index contributed by atoms with van der Waals surface area (Å²) in [7, 11) is 0. The van der Waals surface area contributed by atoms with E-state index in [2.05, 4.69) is 21.2 Å². The summed E-state index contributed by atoms with van der Waals surface area (Å²) >= 11 is 11.1. The van der Waals surface area contributed by atoms with E-state index in [1.165, 1.54) is 0 Å². The molecule has 1 amide bonds. The number of aryl methyl sites for hydroxylation is 1. The predicted molar refractivity (Wildman–Crippen MR) is 91.6 cm³/mol. The molecular formula is C15H15ClN4OS. The first-order valence-electron chi connectivity index (χ1n) is 6.56. The number of benzene rings is 1. The van der Waals surface area contributed by atoms with Crippen molar-refractivity contribution < 1.29 is 4.79 Å². The van der Waals surface area contributed by atoms with E-state index in [9.17, 15) is 4.79 Å². The number of halogens is 1. The summed E-state index contributed by atoms with van der Waals surface area (Å²) in [5, 5.41) is 3.85. The Kier molecular flexibility index (Phi) is 5.68. The monoisotopic (exact) mass is 334 g/mol. The smallest absolute Gasteiger partial charge is 0.244 e. The molecule has 2 aromatic rings. The van der Waals surface area contributed by atoms with E-state index in [-0.39, 0.29) is 17.4 Å². The van der Waals surface area contributed by atoms with Crippen LogP contribution >= 0.6 is 23.8 Å². The van der Waals surface area contributed by atoms with Crippen molar-refractivity contribution in [2.24, 2.45) is 0 Å². The van der Waals surface area contributed by atoms with Crippen molar-refractivity contribution in [3.63, 3.8) is 0 Å². The van der Waals surface area contributed by atoms with Crippen LogP contribution in [0.3, 0.4) is 0 Å². The van der Waals surface area contributed by atoms with Crippen LogP contribution in [0.15, 0.2) is 42.6 Å². The molecule has 0 saturated carbocycles. The number of carbonyl (C=O) groups excluding carboxylic acids is 1. The number of anilines is 1. The molecule has 3 N–H and O–H groups in total. The molecule has 0 aliphatic heterocycles. The van der Waals surface area contributed by atoms with Gasteiger partial charge in [-0.25, -0.2) is 0 Å². The van der Waals surface area contributed by atoms with Gasteiger partial charge in [0.2, 0.25) is 5.91 Å². The number of aromatic nitrogens is 1. The normalized spacial score (nSPS) is 9.91. The predicted octanol–water partition coefficient (Wildman–Crippen LogP) is 2.60. The maximum atomic E-state index is 11.7. The van der Waals surface area contributed by atoms with Gasteiger partial charge in [-0.3, -0.25) is 20.6 Å². The molecule has 0 aliphatic rings. The van der Waals surface area contributed by atoms with Crippen molar-refractivity contribution >= 4 is 40.5 Å². The number of amides is 1. The van der Waals surface area contributed by atoms with Crippen LogP contribution < -0.4 is 16.2 Å². The maximum Gasteiger partial charge on any atom is 0.244 e. The molecule has 0 atom stereocenters. The van der Waals surface area contributed by atoms with Crippen LogP contribution in [0.2, 0.25) is 5.02 Å². The number of hydrazine groups is 1. The minimum atomic E-state index is -0.232. The van der Waals surface area contributed by atoms with Crippen molar-refractivity contribution in [3.05, 3.63) is 58.9 Å². The Morgan fingerprint density at radius 3 is 2.77 bits per heavy atom. The molecular weight excluding hydrogens is 320 g/mol. The third-order valence-corrected chi connectivity index (χ3v) is 3.42. The number of pyridine rings is 1. The Morgan fingerprint density at radius 1 is 1.27 bits per heavy atom. The molecule has 0 saturated heterocycles. The van der Waals surface area contributed by atoms with Gasteiger partial charge in [0.15, 0.2) is 5.11 Å². The van der Waals surface area contributed by atoms with Crippen LogP contribution in [-0.2, 0) is 11.2 Å². The van der Waals surface area contributed by atoms with Crippen molar-refractivity contribution in [3.8, 4) is 0 Å². The fourth-order valence-electron chi connectivity index (χ4n) is 1.67. The molecule has 0 aliphatic carbocycles. The Labute approximate surface area is 139 Å². The number of rotatable bonds is 3. The first kappa shape index (κ1) is 16.2. The zero-order valence-corrected chi connectivity index (χ0v) is 13.5. The summed E-state index contributed by atoms with van der Waals surface area (Å²) in [6.07, 6.45) is 1.82. The topological polar surface area (TPSA) is 66.0 Å². The van der Waals surface area contributed by atoms with Gasteiger partial charge in [-0.1, -0.05) is 23.7 Å². The lowest BCUT2D eigenvalue weighted by Gasteiger charge is -2.12. The fourth-order valence-corrected chi connectivity index (χ4v) is 2.02. The lowest BCUT2D eigenvalue weighted by molar-refractivity contribution is -0.121.